The summed E-state index contributed by atoms with van der Waals surface area (Å²) in [5.41, 5.74) is 1.06. The summed E-state index contributed by atoms with van der Waals surface area (Å²) in [6, 6.07) is 3.37. The van der Waals surface area contributed by atoms with Crippen molar-refractivity contribution in [3.63, 3.8) is 0 Å². The van der Waals surface area contributed by atoms with Crippen LogP contribution in [0, 0.1) is 5.21 Å². The highest BCUT2D eigenvalue weighted by Gasteiger charge is 2.10. The molecule has 0 spiro atoms. The van der Waals surface area contributed by atoms with Gasteiger partial charge in [0.15, 0.2) is 18.2 Å². The van der Waals surface area contributed by atoms with E-state index in [1.54, 1.807) is 19.1 Å². The molecule has 82 valence electrons. The Balaban J connectivity index is 2.66. The number of fused-ring (bicyclic) bond motifs is 1. The molecular formula is C11H9BrN2O2. The van der Waals surface area contributed by atoms with Crippen LogP contribution in [0.3, 0.4) is 0 Å². The molecule has 0 saturated carbocycles. The highest BCUT2D eigenvalue weighted by molar-refractivity contribution is 9.10. The van der Waals surface area contributed by atoms with E-state index in [9.17, 15) is 10.0 Å². The second-order valence-electron chi connectivity index (χ2n) is 3.38. The lowest BCUT2D eigenvalue weighted by atomic mass is 10.2. The lowest BCUT2D eigenvalue weighted by Gasteiger charge is -2.03. The van der Waals surface area contributed by atoms with Crippen LogP contribution in [0.4, 0.5) is 0 Å². The normalized spacial score (nSPS) is 10.6. The molecule has 2 aromatic heterocycles. The fourth-order valence-electron chi connectivity index (χ4n) is 1.45. The molecule has 2 rings (SSSR count). The summed E-state index contributed by atoms with van der Waals surface area (Å²) in [6.07, 6.45) is 3.22. The Morgan fingerprint density at radius 2 is 2.25 bits per heavy atom. The van der Waals surface area contributed by atoms with Gasteiger partial charge in [-0.05, 0) is 28.1 Å². The van der Waals surface area contributed by atoms with Crippen LogP contribution >= 0.6 is 15.9 Å². The van der Waals surface area contributed by atoms with Crippen molar-refractivity contribution in [2.45, 2.75) is 13.3 Å². The molecule has 0 N–H and O–H groups in total. The molecule has 0 fully saturated rings. The molecule has 0 radical (unpaired) electrons. The maximum Gasteiger partial charge on any atom is 0.196 e. The van der Waals surface area contributed by atoms with E-state index >= 15 is 0 Å². The van der Waals surface area contributed by atoms with Crippen molar-refractivity contribution < 1.29 is 9.52 Å². The number of carbonyl (C=O) groups excluding carboxylic acids is 1. The minimum absolute atomic E-state index is 0.00680. The number of hydrogen-bond donors (Lipinski definition) is 0. The number of hydrogen-bond acceptors (Lipinski definition) is 3. The quantitative estimate of drug-likeness (QED) is 0.482. The summed E-state index contributed by atoms with van der Waals surface area (Å²) in [4.78, 5) is 15.7. The average molecular weight is 281 g/mol. The first-order valence-electron chi connectivity index (χ1n) is 4.84. The number of ketones is 1. The van der Waals surface area contributed by atoms with Crippen LogP contribution in [0.15, 0.2) is 29.0 Å². The van der Waals surface area contributed by atoms with Gasteiger partial charge in [-0.2, -0.15) is 4.73 Å². The summed E-state index contributed by atoms with van der Waals surface area (Å²) in [6.45, 7) is 1.79. The summed E-state index contributed by atoms with van der Waals surface area (Å²) < 4.78 is 1.29. The van der Waals surface area contributed by atoms with Gasteiger partial charge in [0, 0.05) is 6.42 Å². The fourth-order valence-corrected chi connectivity index (χ4v) is 1.97. The predicted molar refractivity (Wildman–Crippen MR) is 63.0 cm³/mol. The number of carbonyl (C=O) groups is 1. The Bertz CT molecular complexity index is 569. The van der Waals surface area contributed by atoms with Gasteiger partial charge in [-0.1, -0.05) is 6.92 Å². The third-order valence-electron chi connectivity index (χ3n) is 2.27. The van der Waals surface area contributed by atoms with Gasteiger partial charge in [0.05, 0.1) is 10.9 Å². The molecule has 16 heavy (non-hydrogen) atoms. The predicted octanol–water partition coefficient (Wildman–Crippen LogP) is 2.22. The number of pyridine rings is 2. The molecule has 5 heteroatoms. The topological polar surface area (TPSA) is 56.9 Å². The number of Topliss-reactive ketones (excluding diaryl/α,β-unsaturated/α-hetero) is 1. The Kier molecular flexibility index (Phi) is 2.87. The molecule has 0 saturated heterocycles. The number of rotatable bonds is 2. The third kappa shape index (κ3) is 1.90. The second-order valence-corrected chi connectivity index (χ2v) is 4.23. The Morgan fingerprint density at radius 1 is 1.50 bits per heavy atom. The van der Waals surface area contributed by atoms with Crippen LogP contribution in [0.1, 0.15) is 23.8 Å². The van der Waals surface area contributed by atoms with Crippen LogP contribution in [-0.4, -0.2) is 10.8 Å². The molecule has 2 aromatic rings. The SMILES string of the molecule is CCC(=O)c1ccc2c[n+]([O-])cc(Br)c2n1. The van der Waals surface area contributed by atoms with Gasteiger partial charge in [-0.15, -0.1) is 0 Å². The van der Waals surface area contributed by atoms with Crippen LogP contribution in [0.25, 0.3) is 10.9 Å². The van der Waals surface area contributed by atoms with Gasteiger partial charge in [-0.25, -0.2) is 4.98 Å². The molecular weight excluding hydrogens is 272 g/mol. The van der Waals surface area contributed by atoms with E-state index in [2.05, 4.69) is 20.9 Å². The average Bonchev–Trinajstić information content (AvgIpc) is 2.27. The van der Waals surface area contributed by atoms with Crippen molar-refractivity contribution in [3.05, 3.63) is 39.9 Å². The number of aromatic nitrogens is 2. The molecule has 0 aromatic carbocycles. The second kappa shape index (κ2) is 4.17. The molecule has 0 unspecified atom stereocenters. The van der Waals surface area contributed by atoms with Gasteiger partial charge < -0.3 is 5.21 Å². The highest BCUT2D eigenvalue weighted by atomic mass is 79.9. The Morgan fingerprint density at radius 3 is 2.94 bits per heavy atom. The first-order valence-corrected chi connectivity index (χ1v) is 5.63. The van der Waals surface area contributed by atoms with Crippen molar-refractivity contribution >= 4 is 32.6 Å². The molecule has 0 aliphatic carbocycles. The van der Waals surface area contributed by atoms with E-state index in [4.69, 9.17) is 0 Å². The summed E-state index contributed by atoms with van der Waals surface area (Å²) >= 11 is 3.26. The van der Waals surface area contributed by atoms with E-state index in [1.165, 1.54) is 12.4 Å². The monoisotopic (exact) mass is 280 g/mol. The van der Waals surface area contributed by atoms with Crippen molar-refractivity contribution in [2.24, 2.45) is 0 Å². The molecule has 2 heterocycles. The van der Waals surface area contributed by atoms with Crippen molar-refractivity contribution in [3.8, 4) is 0 Å². The highest BCUT2D eigenvalue weighted by Crippen LogP contribution is 2.20. The minimum Gasteiger partial charge on any atom is -0.619 e. The number of halogens is 1. The summed E-state index contributed by atoms with van der Waals surface area (Å²) in [5.74, 6) is -0.00680. The maximum absolute atomic E-state index is 11.5. The van der Waals surface area contributed by atoms with Crippen molar-refractivity contribution in [2.75, 3.05) is 0 Å². The van der Waals surface area contributed by atoms with E-state index in [-0.39, 0.29) is 5.78 Å². The standard InChI is InChI=1S/C11H9BrN2O2/c1-2-10(15)9-4-3-7-5-14(16)6-8(12)11(7)13-9/h3-6H,2H2,1H3. The zero-order valence-corrected chi connectivity index (χ0v) is 10.2. The fraction of sp³-hybridized carbons (Fsp3) is 0.182. The lowest BCUT2D eigenvalue weighted by molar-refractivity contribution is -0.604. The largest absolute Gasteiger partial charge is 0.619 e. The Labute approximate surface area is 101 Å². The molecule has 0 atom stereocenters. The van der Waals surface area contributed by atoms with Crippen LogP contribution < -0.4 is 4.73 Å². The molecule has 0 aliphatic heterocycles. The van der Waals surface area contributed by atoms with Crippen molar-refractivity contribution in [1.29, 1.82) is 0 Å². The number of nitrogens with zero attached hydrogens (tertiary/aromatic N) is 2. The lowest BCUT2D eigenvalue weighted by Crippen LogP contribution is -2.24. The first kappa shape index (κ1) is 11.0. The minimum atomic E-state index is -0.00680. The van der Waals surface area contributed by atoms with E-state index in [0.29, 0.717) is 32.2 Å². The van der Waals surface area contributed by atoms with E-state index in [1.807, 2.05) is 0 Å². The van der Waals surface area contributed by atoms with Gasteiger partial charge in [0.2, 0.25) is 0 Å². The maximum atomic E-state index is 11.5. The Hall–Kier alpha value is -1.49. The smallest absolute Gasteiger partial charge is 0.196 e. The van der Waals surface area contributed by atoms with Gasteiger partial charge >= 0.3 is 0 Å². The zero-order valence-electron chi connectivity index (χ0n) is 8.61. The van der Waals surface area contributed by atoms with Crippen LogP contribution in [-0.2, 0) is 0 Å². The zero-order chi connectivity index (χ0) is 11.7. The van der Waals surface area contributed by atoms with Gasteiger partial charge in [0.1, 0.15) is 10.2 Å². The summed E-state index contributed by atoms with van der Waals surface area (Å²) in [7, 11) is 0. The van der Waals surface area contributed by atoms with E-state index in [0.717, 1.165) is 0 Å². The van der Waals surface area contributed by atoms with Crippen LogP contribution in [0.5, 0.6) is 0 Å². The van der Waals surface area contributed by atoms with Crippen LogP contribution in [0.2, 0.25) is 0 Å². The molecule has 0 aliphatic rings. The first-order chi connectivity index (χ1) is 7.61. The molecule has 0 amide bonds. The van der Waals surface area contributed by atoms with Crippen molar-refractivity contribution in [1.82, 2.24) is 4.98 Å². The van der Waals surface area contributed by atoms with E-state index < -0.39 is 0 Å². The van der Waals surface area contributed by atoms with Gasteiger partial charge in [0.25, 0.3) is 0 Å². The van der Waals surface area contributed by atoms with Gasteiger partial charge in [-0.3, -0.25) is 4.79 Å². The summed E-state index contributed by atoms with van der Waals surface area (Å²) in [5, 5.41) is 11.9. The molecule has 0 bridgehead atoms. The third-order valence-corrected chi connectivity index (χ3v) is 2.85. The molecule has 4 nitrogen and oxygen atoms in total.